The Morgan fingerprint density at radius 2 is 1.68 bits per heavy atom. The van der Waals surface area contributed by atoms with Crippen LogP contribution in [0.5, 0.6) is 0 Å². The summed E-state index contributed by atoms with van der Waals surface area (Å²) in [5.74, 6) is -3.35. The molecule has 1 aliphatic heterocycles. The van der Waals surface area contributed by atoms with Gasteiger partial charge in [-0.1, -0.05) is 19.3 Å². The lowest BCUT2D eigenvalue weighted by molar-refractivity contribution is -0.143. The molecule has 0 fully saturated rings. The van der Waals surface area contributed by atoms with Crippen LogP contribution in [-0.2, 0) is 19.2 Å². The predicted octanol–water partition coefficient (Wildman–Crippen LogP) is 1.42. The Kier molecular flexibility index (Phi) is 7.59. The van der Waals surface area contributed by atoms with Gasteiger partial charge in [-0.2, -0.15) is 0 Å². The third-order valence-electron chi connectivity index (χ3n) is 3.38. The number of halogens is 1. The van der Waals surface area contributed by atoms with Gasteiger partial charge in [-0.25, -0.2) is 4.39 Å². The second-order valence-electron chi connectivity index (χ2n) is 5.20. The molecule has 1 aliphatic rings. The van der Waals surface area contributed by atoms with Crippen LogP contribution < -0.4 is 0 Å². The lowest BCUT2D eigenvalue weighted by atomic mass is 10.1. The summed E-state index contributed by atoms with van der Waals surface area (Å²) in [5.41, 5.74) is 0. The van der Waals surface area contributed by atoms with Crippen molar-refractivity contribution in [3.63, 3.8) is 0 Å². The molecule has 2 amide bonds. The molecule has 0 aromatic rings. The van der Waals surface area contributed by atoms with Gasteiger partial charge in [0.2, 0.25) is 17.6 Å². The molecule has 6 nitrogen and oxygen atoms in total. The molecule has 1 heterocycles. The normalized spacial score (nSPS) is 15.0. The molecule has 1 N–H and O–H groups in total. The number of aliphatic hydroxyl groups excluding tert-OH is 1. The molecule has 0 spiro atoms. The van der Waals surface area contributed by atoms with E-state index in [1.165, 1.54) is 0 Å². The highest BCUT2D eigenvalue weighted by molar-refractivity contribution is 6.13. The minimum atomic E-state index is -1.07. The van der Waals surface area contributed by atoms with E-state index in [9.17, 15) is 23.6 Å². The maximum absolute atomic E-state index is 13.1. The largest absolute Gasteiger partial charge is 0.389 e. The number of amides is 2. The van der Waals surface area contributed by atoms with Crippen molar-refractivity contribution in [2.45, 2.75) is 51.4 Å². The van der Waals surface area contributed by atoms with Gasteiger partial charge in [-0.3, -0.25) is 24.1 Å². The van der Waals surface area contributed by atoms with Crippen molar-refractivity contribution in [1.29, 1.82) is 0 Å². The molecule has 0 saturated carbocycles. The Morgan fingerprint density at radius 3 is 2.32 bits per heavy atom. The van der Waals surface area contributed by atoms with Crippen LogP contribution in [0.2, 0.25) is 0 Å². The molecule has 0 saturated heterocycles. The summed E-state index contributed by atoms with van der Waals surface area (Å²) in [6, 6.07) is 0. The molecule has 0 aliphatic carbocycles. The standard InChI is InChI=1S/C15H20FNO5/c16-12-9-17(15(22)8-13(12)20)14(21)7-5-3-1-2-4-6-11(19)10-18/h9,18H,1-8,10H2. The van der Waals surface area contributed by atoms with Crippen molar-refractivity contribution in [2.24, 2.45) is 0 Å². The number of nitrogens with zero attached hydrogens (tertiary/aromatic N) is 1. The molecule has 7 heteroatoms. The van der Waals surface area contributed by atoms with Crippen LogP contribution >= 0.6 is 0 Å². The van der Waals surface area contributed by atoms with Gasteiger partial charge >= 0.3 is 0 Å². The molecular weight excluding hydrogens is 293 g/mol. The van der Waals surface area contributed by atoms with Gasteiger partial charge in [-0.05, 0) is 12.8 Å². The van der Waals surface area contributed by atoms with E-state index in [2.05, 4.69) is 0 Å². The van der Waals surface area contributed by atoms with Crippen LogP contribution in [0.4, 0.5) is 4.39 Å². The fourth-order valence-corrected chi connectivity index (χ4v) is 2.10. The summed E-state index contributed by atoms with van der Waals surface area (Å²) in [4.78, 5) is 45.8. The van der Waals surface area contributed by atoms with Crippen LogP contribution in [0, 0.1) is 0 Å². The van der Waals surface area contributed by atoms with E-state index >= 15 is 0 Å². The quantitative estimate of drug-likeness (QED) is 0.513. The first kappa shape index (κ1) is 18.2. The van der Waals surface area contributed by atoms with Gasteiger partial charge in [0.1, 0.15) is 6.61 Å². The molecule has 0 aromatic carbocycles. The molecule has 0 bridgehead atoms. The SMILES string of the molecule is O=C(CO)CCCCCCCC(=O)N1C=C(F)C(=O)CC1=O. The average molecular weight is 313 g/mol. The molecule has 0 unspecified atom stereocenters. The third-order valence-corrected chi connectivity index (χ3v) is 3.38. The second kappa shape index (κ2) is 9.19. The van der Waals surface area contributed by atoms with Gasteiger partial charge in [0.15, 0.2) is 11.6 Å². The monoisotopic (exact) mass is 313 g/mol. The van der Waals surface area contributed by atoms with Gasteiger partial charge in [0, 0.05) is 12.8 Å². The second-order valence-corrected chi connectivity index (χ2v) is 5.20. The van der Waals surface area contributed by atoms with E-state index in [1.807, 2.05) is 0 Å². The van der Waals surface area contributed by atoms with E-state index in [0.29, 0.717) is 30.4 Å². The van der Waals surface area contributed by atoms with Crippen LogP contribution in [0.25, 0.3) is 0 Å². The summed E-state index contributed by atoms with van der Waals surface area (Å²) >= 11 is 0. The van der Waals surface area contributed by atoms with Crippen molar-refractivity contribution in [3.05, 3.63) is 12.0 Å². The molecule has 1 rings (SSSR count). The average Bonchev–Trinajstić information content (AvgIpc) is 2.49. The first-order chi connectivity index (χ1) is 10.5. The van der Waals surface area contributed by atoms with E-state index < -0.39 is 36.5 Å². The summed E-state index contributed by atoms with van der Waals surface area (Å²) in [5, 5.41) is 8.55. The Bertz CT molecular complexity index is 486. The zero-order valence-corrected chi connectivity index (χ0v) is 12.3. The third kappa shape index (κ3) is 5.85. The topological polar surface area (TPSA) is 91.8 Å². The minimum Gasteiger partial charge on any atom is -0.389 e. The van der Waals surface area contributed by atoms with E-state index in [-0.39, 0.29) is 12.2 Å². The van der Waals surface area contributed by atoms with Crippen molar-refractivity contribution < 1.29 is 28.7 Å². The number of carbonyl (C=O) groups excluding carboxylic acids is 4. The maximum atomic E-state index is 13.1. The predicted molar refractivity (Wildman–Crippen MR) is 75.1 cm³/mol. The number of unbranched alkanes of at least 4 members (excludes halogenated alkanes) is 4. The molecular formula is C15H20FNO5. The van der Waals surface area contributed by atoms with Gasteiger partial charge < -0.3 is 5.11 Å². The summed E-state index contributed by atoms with van der Waals surface area (Å²) in [7, 11) is 0. The molecule has 22 heavy (non-hydrogen) atoms. The highest BCUT2D eigenvalue weighted by Gasteiger charge is 2.29. The van der Waals surface area contributed by atoms with Crippen molar-refractivity contribution >= 4 is 23.4 Å². The minimum absolute atomic E-state index is 0.110. The number of imide groups is 1. The zero-order valence-electron chi connectivity index (χ0n) is 12.3. The van der Waals surface area contributed by atoms with Gasteiger partial charge in [0.25, 0.3) is 0 Å². The number of ketones is 2. The van der Waals surface area contributed by atoms with Crippen molar-refractivity contribution in [3.8, 4) is 0 Å². The van der Waals surface area contributed by atoms with E-state index in [1.54, 1.807) is 0 Å². The smallest absolute Gasteiger partial charge is 0.241 e. The number of rotatable bonds is 9. The lowest BCUT2D eigenvalue weighted by Gasteiger charge is -2.19. The molecule has 0 radical (unpaired) electrons. The maximum Gasteiger partial charge on any atom is 0.241 e. The van der Waals surface area contributed by atoms with E-state index in [4.69, 9.17) is 5.11 Å². The van der Waals surface area contributed by atoms with Crippen molar-refractivity contribution in [1.82, 2.24) is 4.90 Å². The summed E-state index contributed by atoms with van der Waals surface area (Å²) in [6.07, 6.45) is 4.20. The first-order valence-electron chi connectivity index (χ1n) is 7.33. The fraction of sp³-hybridized carbons (Fsp3) is 0.600. The Labute approximate surface area is 128 Å². The Hall–Kier alpha value is -1.89. The zero-order chi connectivity index (χ0) is 16.5. The molecule has 0 atom stereocenters. The summed E-state index contributed by atoms with van der Waals surface area (Å²) < 4.78 is 13.1. The Balaban J connectivity index is 2.20. The number of carbonyl (C=O) groups is 4. The fourth-order valence-electron chi connectivity index (χ4n) is 2.10. The molecule has 122 valence electrons. The van der Waals surface area contributed by atoms with Gasteiger partial charge in [-0.15, -0.1) is 0 Å². The lowest BCUT2D eigenvalue weighted by Crippen LogP contribution is -2.37. The Morgan fingerprint density at radius 1 is 1.09 bits per heavy atom. The highest BCUT2D eigenvalue weighted by atomic mass is 19.1. The number of hydrogen-bond acceptors (Lipinski definition) is 5. The number of hydrogen-bond donors (Lipinski definition) is 1. The van der Waals surface area contributed by atoms with Crippen LogP contribution in [-0.4, -0.2) is 40.0 Å². The molecule has 0 aromatic heterocycles. The first-order valence-corrected chi connectivity index (χ1v) is 7.33. The van der Waals surface area contributed by atoms with E-state index in [0.717, 1.165) is 19.3 Å². The number of Topliss-reactive ketones (excluding diaryl/α,β-unsaturated/α-hetero) is 2. The number of aliphatic hydroxyl groups is 1. The van der Waals surface area contributed by atoms with Gasteiger partial charge in [0.05, 0.1) is 12.6 Å². The summed E-state index contributed by atoms with van der Waals surface area (Å²) in [6.45, 7) is -0.426. The number of allylic oxidation sites excluding steroid dienone is 1. The highest BCUT2D eigenvalue weighted by Crippen LogP contribution is 2.16. The van der Waals surface area contributed by atoms with Crippen LogP contribution in [0.1, 0.15) is 51.4 Å². The van der Waals surface area contributed by atoms with Crippen LogP contribution in [0.3, 0.4) is 0 Å². The van der Waals surface area contributed by atoms with Crippen LogP contribution in [0.15, 0.2) is 12.0 Å². The van der Waals surface area contributed by atoms with Crippen molar-refractivity contribution in [2.75, 3.05) is 6.61 Å².